The van der Waals surface area contributed by atoms with Gasteiger partial charge in [-0.1, -0.05) is 19.1 Å². The van der Waals surface area contributed by atoms with Gasteiger partial charge in [0.15, 0.2) is 0 Å². The number of fused-ring (bicyclic) bond motifs is 3. The fourth-order valence-electron chi connectivity index (χ4n) is 2.30. The molecule has 0 aliphatic heterocycles. The van der Waals surface area contributed by atoms with Crippen molar-refractivity contribution < 1.29 is 0 Å². The van der Waals surface area contributed by atoms with E-state index in [-0.39, 0.29) is 0 Å². The Labute approximate surface area is 94.3 Å². The summed E-state index contributed by atoms with van der Waals surface area (Å²) in [5.41, 5.74) is 3.59. The third kappa shape index (κ3) is 1.18. The smallest absolute Gasteiger partial charge is 0.215 e. The zero-order chi connectivity index (χ0) is 11.1. The number of para-hydroxylation sites is 2. The minimum absolute atomic E-state index is 1.02. The van der Waals surface area contributed by atoms with E-state index in [4.69, 9.17) is 0 Å². The Hall–Kier alpha value is -1.77. The van der Waals surface area contributed by atoms with Crippen molar-refractivity contribution in [2.45, 2.75) is 26.8 Å². The lowest BCUT2D eigenvalue weighted by Crippen LogP contribution is -1.97. The molecule has 1 aromatic carbocycles. The van der Waals surface area contributed by atoms with E-state index in [1.807, 2.05) is 6.92 Å². The van der Waals surface area contributed by atoms with Crippen LogP contribution in [0.4, 0.5) is 0 Å². The van der Waals surface area contributed by atoms with Crippen LogP contribution in [-0.4, -0.2) is 14.0 Å². The number of benzene rings is 1. The number of aryl methyl sites for hydroxylation is 2. The van der Waals surface area contributed by atoms with Crippen LogP contribution in [0.3, 0.4) is 0 Å². The van der Waals surface area contributed by atoms with E-state index in [1.54, 1.807) is 0 Å². The highest BCUT2D eigenvalue weighted by Crippen LogP contribution is 2.21. The van der Waals surface area contributed by atoms with Gasteiger partial charge in [-0.3, -0.25) is 4.40 Å². The Kier molecular flexibility index (Phi) is 1.99. The first kappa shape index (κ1) is 9.46. The quantitative estimate of drug-likeness (QED) is 0.641. The highest BCUT2D eigenvalue weighted by molar-refractivity contribution is 5.80. The van der Waals surface area contributed by atoms with E-state index >= 15 is 0 Å². The molecular weight excluding hydrogens is 198 g/mol. The molecule has 0 saturated heterocycles. The SMILES string of the molecule is CCCn1c2ccccc2n2cc(C)nc12. The highest BCUT2D eigenvalue weighted by Gasteiger charge is 2.10. The molecule has 0 aliphatic carbocycles. The van der Waals surface area contributed by atoms with Gasteiger partial charge in [-0.25, -0.2) is 4.98 Å². The van der Waals surface area contributed by atoms with E-state index in [2.05, 4.69) is 51.3 Å². The zero-order valence-corrected chi connectivity index (χ0v) is 9.64. The minimum Gasteiger partial charge on any atom is -0.310 e. The molecule has 3 rings (SSSR count). The predicted octanol–water partition coefficient (Wildman–Crippen LogP) is 3.01. The molecule has 3 nitrogen and oxygen atoms in total. The maximum atomic E-state index is 4.59. The van der Waals surface area contributed by atoms with Crippen LogP contribution in [0.2, 0.25) is 0 Å². The molecule has 16 heavy (non-hydrogen) atoms. The Morgan fingerprint density at radius 3 is 2.69 bits per heavy atom. The molecule has 0 radical (unpaired) electrons. The van der Waals surface area contributed by atoms with Crippen LogP contribution >= 0.6 is 0 Å². The number of nitrogens with zero attached hydrogens (tertiary/aromatic N) is 3. The molecule has 0 bridgehead atoms. The van der Waals surface area contributed by atoms with Gasteiger partial charge in [-0.15, -0.1) is 0 Å². The van der Waals surface area contributed by atoms with Crippen molar-refractivity contribution >= 4 is 16.8 Å². The molecule has 82 valence electrons. The van der Waals surface area contributed by atoms with E-state index in [9.17, 15) is 0 Å². The summed E-state index contributed by atoms with van der Waals surface area (Å²) in [5.74, 6) is 1.06. The van der Waals surface area contributed by atoms with Crippen LogP contribution in [0.5, 0.6) is 0 Å². The summed E-state index contributed by atoms with van der Waals surface area (Å²) < 4.78 is 4.47. The molecule has 0 amide bonds. The first-order valence-corrected chi connectivity index (χ1v) is 5.74. The molecule has 0 unspecified atom stereocenters. The predicted molar refractivity (Wildman–Crippen MR) is 65.7 cm³/mol. The van der Waals surface area contributed by atoms with E-state index in [0.29, 0.717) is 0 Å². The van der Waals surface area contributed by atoms with Crippen LogP contribution in [-0.2, 0) is 6.54 Å². The van der Waals surface area contributed by atoms with Gasteiger partial charge in [-0.2, -0.15) is 0 Å². The summed E-state index contributed by atoms with van der Waals surface area (Å²) in [6.07, 6.45) is 3.23. The van der Waals surface area contributed by atoms with Gasteiger partial charge < -0.3 is 4.57 Å². The van der Waals surface area contributed by atoms with Crippen LogP contribution in [0, 0.1) is 6.92 Å². The Balaban J connectivity index is 2.46. The van der Waals surface area contributed by atoms with Crippen LogP contribution < -0.4 is 0 Å². The van der Waals surface area contributed by atoms with Crippen molar-refractivity contribution in [3.8, 4) is 0 Å². The van der Waals surface area contributed by atoms with E-state index in [0.717, 1.165) is 24.4 Å². The van der Waals surface area contributed by atoms with Gasteiger partial charge in [0.1, 0.15) is 0 Å². The number of rotatable bonds is 2. The lowest BCUT2D eigenvalue weighted by Gasteiger charge is -2.01. The topological polar surface area (TPSA) is 22.2 Å². The van der Waals surface area contributed by atoms with Gasteiger partial charge in [0.05, 0.1) is 16.7 Å². The lowest BCUT2D eigenvalue weighted by atomic mass is 10.3. The van der Waals surface area contributed by atoms with Crippen molar-refractivity contribution in [2.75, 3.05) is 0 Å². The first-order chi connectivity index (χ1) is 7.81. The van der Waals surface area contributed by atoms with Gasteiger partial charge in [0.2, 0.25) is 5.78 Å². The number of hydrogen-bond acceptors (Lipinski definition) is 1. The second kappa shape index (κ2) is 3.37. The van der Waals surface area contributed by atoms with Crippen molar-refractivity contribution in [1.29, 1.82) is 0 Å². The van der Waals surface area contributed by atoms with Gasteiger partial charge in [0.25, 0.3) is 0 Å². The summed E-state index contributed by atoms with van der Waals surface area (Å²) in [4.78, 5) is 4.59. The molecule has 0 fully saturated rings. The van der Waals surface area contributed by atoms with Gasteiger partial charge in [-0.05, 0) is 25.5 Å². The first-order valence-electron chi connectivity index (χ1n) is 5.74. The average molecular weight is 213 g/mol. The molecule has 3 aromatic rings. The zero-order valence-electron chi connectivity index (χ0n) is 9.64. The summed E-state index contributed by atoms with van der Waals surface area (Å²) >= 11 is 0. The van der Waals surface area contributed by atoms with Crippen molar-refractivity contribution in [3.05, 3.63) is 36.2 Å². The fraction of sp³-hybridized carbons (Fsp3) is 0.308. The van der Waals surface area contributed by atoms with Gasteiger partial charge >= 0.3 is 0 Å². The lowest BCUT2D eigenvalue weighted by molar-refractivity contribution is 0.712. The summed E-state index contributed by atoms with van der Waals surface area (Å²) in [6.45, 7) is 5.26. The maximum Gasteiger partial charge on any atom is 0.215 e. The molecule has 0 saturated carbocycles. The molecule has 0 spiro atoms. The van der Waals surface area contributed by atoms with Gasteiger partial charge in [0, 0.05) is 12.7 Å². The third-order valence-electron chi connectivity index (χ3n) is 2.93. The Morgan fingerprint density at radius 2 is 1.94 bits per heavy atom. The molecule has 3 heteroatoms. The second-order valence-corrected chi connectivity index (χ2v) is 4.19. The van der Waals surface area contributed by atoms with Crippen molar-refractivity contribution in [3.63, 3.8) is 0 Å². The largest absolute Gasteiger partial charge is 0.310 e. The normalized spacial score (nSPS) is 11.6. The highest BCUT2D eigenvalue weighted by atomic mass is 15.2. The summed E-state index contributed by atoms with van der Waals surface area (Å²) in [6, 6.07) is 8.47. The van der Waals surface area contributed by atoms with Crippen LogP contribution in [0.15, 0.2) is 30.5 Å². The monoisotopic (exact) mass is 213 g/mol. The summed E-state index contributed by atoms with van der Waals surface area (Å²) in [5, 5.41) is 0. The minimum atomic E-state index is 1.02. The number of imidazole rings is 2. The van der Waals surface area contributed by atoms with Crippen LogP contribution in [0.1, 0.15) is 19.0 Å². The third-order valence-corrected chi connectivity index (χ3v) is 2.93. The average Bonchev–Trinajstić information content (AvgIpc) is 2.78. The number of aromatic nitrogens is 3. The Bertz CT molecular complexity index is 646. The van der Waals surface area contributed by atoms with Crippen LogP contribution in [0.25, 0.3) is 16.8 Å². The molecular formula is C13H15N3. The fourth-order valence-corrected chi connectivity index (χ4v) is 2.30. The second-order valence-electron chi connectivity index (χ2n) is 4.19. The van der Waals surface area contributed by atoms with Crippen molar-refractivity contribution in [1.82, 2.24) is 14.0 Å². The molecule has 0 N–H and O–H groups in total. The van der Waals surface area contributed by atoms with E-state index < -0.39 is 0 Å². The maximum absolute atomic E-state index is 4.59. The standard InChI is InChI=1S/C13H15N3/c1-3-8-15-11-6-4-5-7-12(11)16-9-10(2)14-13(15)16/h4-7,9H,3,8H2,1-2H3. The molecule has 0 atom stereocenters. The van der Waals surface area contributed by atoms with E-state index in [1.165, 1.54) is 11.0 Å². The Morgan fingerprint density at radius 1 is 1.19 bits per heavy atom. The summed E-state index contributed by atoms with van der Waals surface area (Å²) in [7, 11) is 0. The molecule has 0 aliphatic rings. The van der Waals surface area contributed by atoms with Crippen molar-refractivity contribution in [2.24, 2.45) is 0 Å². The molecule has 2 aromatic heterocycles. The molecule has 2 heterocycles. The number of hydrogen-bond donors (Lipinski definition) is 0.